The van der Waals surface area contributed by atoms with Crippen molar-refractivity contribution in [2.75, 3.05) is 0 Å². The molecule has 0 aliphatic carbocycles. The molecule has 0 fully saturated rings. The molecule has 0 radical (unpaired) electrons. The second-order valence-corrected chi connectivity index (χ2v) is 4.36. The van der Waals surface area contributed by atoms with Crippen LogP contribution in [-0.4, -0.2) is 6.29 Å². The summed E-state index contributed by atoms with van der Waals surface area (Å²) >= 11 is 0. The summed E-state index contributed by atoms with van der Waals surface area (Å²) in [5.74, 6) is 0.293. The first-order chi connectivity index (χ1) is 7.52. The normalized spacial score (nSPS) is 11.9. The van der Waals surface area contributed by atoms with Gasteiger partial charge in [0.15, 0.2) is 0 Å². The zero-order valence-electron chi connectivity index (χ0n) is 9.17. The molecule has 4 nitrogen and oxygen atoms in total. The first-order valence-electron chi connectivity index (χ1n) is 4.90. The van der Waals surface area contributed by atoms with E-state index in [0.29, 0.717) is 12.2 Å². The van der Waals surface area contributed by atoms with Crippen LogP contribution in [0.25, 0.3) is 0 Å². The van der Waals surface area contributed by atoms with Crippen molar-refractivity contribution >= 4 is 14.2 Å². The van der Waals surface area contributed by atoms with Gasteiger partial charge in [0, 0.05) is 5.92 Å². The molecule has 1 rings (SSSR count). The molecule has 0 bridgehead atoms. The number of aldehydes is 1. The van der Waals surface area contributed by atoms with Crippen LogP contribution in [0.4, 0.5) is 0 Å². The zero-order valence-corrected chi connectivity index (χ0v) is 10.1. The molecule has 0 saturated carbocycles. The summed E-state index contributed by atoms with van der Waals surface area (Å²) < 4.78 is 25.4. The molecule has 0 heterocycles. The summed E-state index contributed by atoms with van der Waals surface area (Å²) in [4.78, 5) is 10.5. The Hall–Kier alpha value is -1.41. The van der Waals surface area contributed by atoms with Gasteiger partial charge in [-0.1, -0.05) is 19.1 Å². The topological polar surface area (TPSA) is 60.4 Å². The van der Waals surface area contributed by atoms with Crippen LogP contribution >= 0.6 is 7.91 Å². The molecule has 0 aromatic heterocycles. The van der Waals surface area contributed by atoms with Gasteiger partial charge in [-0.3, -0.25) is 0 Å². The molecule has 0 amide bonds. The number of carbonyl (C=O) groups is 1. The van der Waals surface area contributed by atoms with E-state index < -0.39 is 7.91 Å². The lowest BCUT2D eigenvalue weighted by Gasteiger charge is -2.07. The minimum absolute atomic E-state index is 0.0395. The van der Waals surface area contributed by atoms with Gasteiger partial charge in [0.25, 0.3) is 0 Å². The molecular weight excluding hydrogens is 227 g/mol. The Morgan fingerprint density at radius 3 is 2.62 bits per heavy atom. The predicted molar refractivity (Wildman–Crippen MR) is 59.0 cm³/mol. The van der Waals surface area contributed by atoms with Crippen molar-refractivity contribution in [1.82, 2.24) is 0 Å². The average molecular weight is 240 g/mol. The fourth-order valence-electron chi connectivity index (χ4n) is 1.44. The van der Waals surface area contributed by atoms with E-state index in [9.17, 15) is 13.9 Å². The Morgan fingerprint density at radius 1 is 1.44 bits per heavy atom. The van der Waals surface area contributed by atoms with Gasteiger partial charge in [0.05, 0.1) is 0 Å². The molecule has 0 aliphatic heterocycles. The maximum absolute atomic E-state index is 10.5. The SMILES string of the molecule is Cc1cc(CC(C)C=O)ccc1OP(=O)=O. The highest BCUT2D eigenvalue weighted by atomic mass is 31.1. The highest BCUT2D eigenvalue weighted by Gasteiger charge is 2.06. The maximum atomic E-state index is 10.5. The van der Waals surface area contributed by atoms with Crippen LogP contribution in [0, 0.1) is 12.8 Å². The predicted octanol–water partition coefficient (Wildman–Crippen LogP) is 2.84. The summed E-state index contributed by atoms with van der Waals surface area (Å²) in [5.41, 5.74) is 1.74. The molecule has 0 spiro atoms. The molecule has 1 aromatic rings. The number of benzene rings is 1. The fraction of sp³-hybridized carbons (Fsp3) is 0.364. The molecule has 0 aliphatic rings. The molecule has 0 N–H and O–H groups in total. The summed E-state index contributed by atoms with van der Waals surface area (Å²) in [7, 11) is -2.88. The number of carbonyl (C=O) groups excluding carboxylic acids is 1. The second-order valence-electron chi connectivity index (χ2n) is 3.73. The third-order valence-corrected chi connectivity index (χ3v) is 2.55. The monoisotopic (exact) mass is 240 g/mol. The van der Waals surface area contributed by atoms with Gasteiger partial charge in [0.1, 0.15) is 12.0 Å². The summed E-state index contributed by atoms with van der Waals surface area (Å²) in [6.45, 7) is 3.60. The van der Waals surface area contributed by atoms with E-state index in [-0.39, 0.29) is 5.92 Å². The molecule has 5 heteroatoms. The van der Waals surface area contributed by atoms with Crippen LogP contribution in [-0.2, 0) is 20.3 Å². The van der Waals surface area contributed by atoms with Gasteiger partial charge in [-0.2, -0.15) is 9.13 Å². The van der Waals surface area contributed by atoms with Crippen molar-refractivity contribution in [3.05, 3.63) is 29.3 Å². The largest absolute Gasteiger partial charge is 0.529 e. The summed E-state index contributed by atoms with van der Waals surface area (Å²) in [5, 5.41) is 0. The van der Waals surface area contributed by atoms with E-state index in [1.807, 2.05) is 13.0 Å². The quantitative estimate of drug-likeness (QED) is 0.586. The van der Waals surface area contributed by atoms with E-state index in [1.54, 1.807) is 19.1 Å². The third-order valence-electron chi connectivity index (χ3n) is 2.20. The lowest BCUT2D eigenvalue weighted by molar-refractivity contribution is -0.110. The highest BCUT2D eigenvalue weighted by molar-refractivity contribution is 7.25. The molecule has 16 heavy (non-hydrogen) atoms. The number of aryl methyl sites for hydroxylation is 1. The van der Waals surface area contributed by atoms with Crippen molar-refractivity contribution in [1.29, 1.82) is 0 Å². The van der Waals surface area contributed by atoms with Crippen LogP contribution in [0.3, 0.4) is 0 Å². The van der Waals surface area contributed by atoms with Crippen molar-refractivity contribution in [3.63, 3.8) is 0 Å². The van der Waals surface area contributed by atoms with Gasteiger partial charge in [0.2, 0.25) is 0 Å². The smallest absolute Gasteiger partial charge is 0.387 e. The maximum Gasteiger partial charge on any atom is 0.529 e. The van der Waals surface area contributed by atoms with Gasteiger partial charge in [-0.15, -0.1) is 0 Å². The van der Waals surface area contributed by atoms with Gasteiger partial charge in [-0.25, -0.2) is 0 Å². The van der Waals surface area contributed by atoms with Crippen molar-refractivity contribution in [2.24, 2.45) is 5.92 Å². The Bertz CT molecular complexity index is 443. The summed E-state index contributed by atoms with van der Waals surface area (Å²) in [6.07, 6.45) is 1.54. The van der Waals surface area contributed by atoms with E-state index in [4.69, 9.17) is 0 Å². The Labute approximate surface area is 94.5 Å². The number of hydrogen-bond acceptors (Lipinski definition) is 4. The van der Waals surface area contributed by atoms with Gasteiger partial charge < -0.3 is 9.32 Å². The third kappa shape index (κ3) is 3.63. The Balaban J connectivity index is 2.86. The minimum atomic E-state index is -2.88. The minimum Gasteiger partial charge on any atom is -0.387 e. The van der Waals surface area contributed by atoms with Crippen LogP contribution in [0.5, 0.6) is 5.75 Å². The molecule has 0 saturated heterocycles. The van der Waals surface area contributed by atoms with Crippen molar-refractivity contribution < 1.29 is 18.4 Å². The first kappa shape index (κ1) is 12.7. The van der Waals surface area contributed by atoms with Gasteiger partial charge in [-0.05, 0) is 30.5 Å². The highest BCUT2D eigenvalue weighted by Crippen LogP contribution is 2.24. The number of rotatable bonds is 5. The van der Waals surface area contributed by atoms with Crippen LogP contribution < -0.4 is 4.52 Å². The molecule has 1 atom stereocenters. The van der Waals surface area contributed by atoms with Crippen LogP contribution in [0.1, 0.15) is 18.1 Å². The first-order valence-corrected chi connectivity index (χ1v) is 5.99. The van der Waals surface area contributed by atoms with E-state index in [1.165, 1.54) is 0 Å². The average Bonchev–Trinajstić information content (AvgIpc) is 2.21. The fourth-order valence-corrected chi connectivity index (χ4v) is 1.81. The van der Waals surface area contributed by atoms with E-state index in [2.05, 4.69) is 4.52 Å². The molecule has 1 unspecified atom stereocenters. The standard InChI is InChI=1S/C11H13O4P/c1-8(7-12)5-10-3-4-11(9(2)6-10)15-16(13)14/h3-4,6-8H,5H2,1-2H3. The molecular formula is C11H13O4P. The molecule has 86 valence electrons. The lowest BCUT2D eigenvalue weighted by Crippen LogP contribution is -2.00. The van der Waals surface area contributed by atoms with Gasteiger partial charge >= 0.3 is 7.91 Å². The van der Waals surface area contributed by atoms with Crippen LogP contribution in [0.2, 0.25) is 0 Å². The summed E-state index contributed by atoms with van der Waals surface area (Å²) in [6, 6.07) is 5.20. The second kappa shape index (κ2) is 5.61. The lowest BCUT2D eigenvalue weighted by atomic mass is 10.0. The van der Waals surface area contributed by atoms with E-state index in [0.717, 1.165) is 17.4 Å². The molecule has 1 aromatic carbocycles. The van der Waals surface area contributed by atoms with Crippen molar-refractivity contribution in [2.45, 2.75) is 20.3 Å². The van der Waals surface area contributed by atoms with E-state index >= 15 is 0 Å². The Morgan fingerprint density at radius 2 is 2.12 bits per heavy atom. The zero-order chi connectivity index (χ0) is 12.1. The van der Waals surface area contributed by atoms with Crippen molar-refractivity contribution in [3.8, 4) is 5.75 Å². The van der Waals surface area contributed by atoms with Crippen LogP contribution in [0.15, 0.2) is 18.2 Å². The number of hydrogen-bond donors (Lipinski definition) is 0. The Kier molecular flexibility index (Phi) is 4.44.